The van der Waals surface area contributed by atoms with Crippen molar-refractivity contribution in [1.82, 2.24) is 5.32 Å². The van der Waals surface area contributed by atoms with E-state index in [1.54, 1.807) is 11.8 Å². The molecular formula is C14H18N2O2S. The van der Waals surface area contributed by atoms with Gasteiger partial charge in [-0.3, -0.25) is 0 Å². The van der Waals surface area contributed by atoms with Gasteiger partial charge < -0.3 is 14.8 Å². The van der Waals surface area contributed by atoms with E-state index in [0.29, 0.717) is 19.8 Å². The molecule has 0 saturated heterocycles. The minimum atomic E-state index is 0.0231. The summed E-state index contributed by atoms with van der Waals surface area (Å²) in [6.45, 7) is 4.55. The van der Waals surface area contributed by atoms with Gasteiger partial charge in [0.2, 0.25) is 0 Å². The minimum Gasteiger partial charge on any atom is -0.486 e. The lowest BCUT2D eigenvalue weighted by atomic mass is 10.1. The van der Waals surface area contributed by atoms with Crippen molar-refractivity contribution in [1.29, 1.82) is 5.26 Å². The molecule has 19 heavy (non-hydrogen) atoms. The Morgan fingerprint density at radius 1 is 1.37 bits per heavy atom. The largest absolute Gasteiger partial charge is 0.486 e. The molecule has 0 radical (unpaired) electrons. The highest BCUT2D eigenvalue weighted by atomic mass is 32.2. The lowest BCUT2D eigenvalue weighted by Crippen LogP contribution is -2.21. The van der Waals surface area contributed by atoms with Crippen LogP contribution in [0.15, 0.2) is 17.0 Å². The molecule has 0 spiro atoms. The molecule has 2 rings (SSSR count). The number of benzene rings is 1. The molecular weight excluding hydrogens is 260 g/mol. The van der Waals surface area contributed by atoms with Crippen molar-refractivity contribution in [2.75, 3.05) is 26.0 Å². The third kappa shape index (κ3) is 3.55. The molecule has 1 unspecified atom stereocenters. The zero-order valence-corrected chi connectivity index (χ0v) is 12.0. The van der Waals surface area contributed by atoms with Crippen LogP contribution in [0, 0.1) is 17.2 Å². The van der Waals surface area contributed by atoms with E-state index in [9.17, 15) is 0 Å². The van der Waals surface area contributed by atoms with Gasteiger partial charge in [-0.25, -0.2) is 0 Å². The Morgan fingerprint density at radius 3 is 2.68 bits per heavy atom. The highest BCUT2D eigenvalue weighted by Gasteiger charge is 2.15. The summed E-state index contributed by atoms with van der Waals surface area (Å²) in [6, 6.07) is 6.28. The van der Waals surface area contributed by atoms with Crippen LogP contribution in [0.25, 0.3) is 0 Å². The monoisotopic (exact) mass is 278 g/mol. The molecule has 4 nitrogen and oxygen atoms in total. The summed E-state index contributed by atoms with van der Waals surface area (Å²) in [5, 5.41) is 12.1. The third-order valence-electron chi connectivity index (χ3n) is 2.93. The fourth-order valence-electron chi connectivity index (χ4n) is 1.91. The summed E-state index contributed by atoms with van der Waals surface area (Å²) in [5.74, 6) is 1.66. The van der Waals surface area contributed by atoms with E-state index < -0.39 is 0 Å². The van der Waals surface area contributed by atoms with Gasteiger partial charge in [0.05, 0.1) is 12.0 Å². The predicted octanol–water partition coefficient (Wildman–Crippen LogP) is 2.43. The first-order chi connectivity index (χ1) is 9.24. The fourth-order valence-corrected chi connectivity index (χ4v) is 2.53. The molecule has 0 aliphatic carbocycles. The number of nitriles is 1. The van der Waals surface area contributed by atoms with E-state index in [1.165, 1.54) is 10.5 Å². The van der Waals surface area contributed by atoms with Gasteiger partial charge in [-0.15, -0.1) is 11.8 Å². The van der Waals surface area contributed by atoms with Gasteiger partial charge in [-0.1, -0.05) is 0 Å². The van der Waals surface area contributed by atoms with Crippen molar-refractivity contribution in [2.24, 2.45) is 5.92 Å². The number of nitrogens with one attached hydrogen (secondary N) is 1. The smallest absolute Gasteiger partial charge is 0.162 e. The van der Waals surface area contributed by atoms with Crippen molar-refractivity contribution < 1.29 is 9.47 Å². The molecule has 0 bridgehead atoms. The lowest BCUT2D eigenvalue weighted by Gasteiger charge is -2.21. The molecule has 1 heterocycles. The Kier molecular flexibility index (Phi) is 4.94. The Balaban J connectivity index is 2.08. The van der Waals surface area contributed by atoms with Gasteiger partial charge in [-0.05, 0) is 30.9 Å². The van der Waals surface area contributed by atoms with E-state index >= 15 is 0 Å². The maximum atomic E-state index is 8.76. The van der Waals surface area contributed by atoms with Crippen molar-refractivity contribution in [2.45, 2.75) is 18.4 Å². The topological polar surface area (TPSA) is 54.3 Å². The Bertz CT molecular complexity index is 485. The van der Waals surface area contributed by atoms with E-state index in [-0.39, 0.29) is 5.92 Å². The van der Waals surface area contributed by atoms with Crippen LogP contribution >= 0.6 is 11.8 Å². The van der Waals surface area contributed by atoms with Crippen LogP contribution in [0.1, 0.15) is 12.5 Å². The first-order valence-electron chi connectivity index (χ1n) is 6.31. The number of nitrogens with zero attached hydrogens (tertiary/aromatic N) is 1. The average Bonchev–Trinajstić information content (AvgIpc) is 2.46. The highest BCUT2D eigenvalue weighted by Crippen LogP contribution is 2.36. The summed E-state index contributed by atoms with van der Waals surface area (Å²) < 4.78 is 11.2. The molecule has 1 N–H and O–H groups in total. The molecule has 1 aliphatic rings. The number of rotatable bonds is 5. The van der Waals surface area contributed by atoms with Crippen LogP contribution in [-0.2, 0) is 6.54 Å². The SMILES string of the molecule is CSc1cc2c(cc1CNCC(C)C#N)OCCO2. The lowest BCUT2D eigenvalue weighted by molar-refractivity contribution is 0.171. The van der Waals surface area contributed by atoms with E-state index in [1.807, 2.05) is 25.3 Å². The normalized spacial score (nSPS) is 14.8. The number of hydrogen-bond donors (Lipinski definition) is 1. The maximum absolute atomic E-state index is 8.76. The summed E-state index contributed by atoms with van der Waals surface area (Å²) in [6.07, 6.45) is 2.05. The Morgan fingerprint density at radius 2 is 2.05 bits per heavy atom. The van der Waals surface area contributed by atoms with Crippen LogP contribution in [-0.4, -0.2) is 26.0 Å². The summed E-state index contributed by atoms with van der Waals surface area (Å²) in [5.41, 5.74) is 1.18. The number of ether oxygens (including phenoxy) is 2. The molecule has 0 saturated carbocycles. The van der Waals surface area contributed by atoms with Crippen LogP contribution in [0.5, 0.6) is 11.5 Å². The molecule has 0 aromatic heterocycles. The molecule has 1 atom stereocenters. The van der Waals surface area contributed by atoms with Gasteiger partial charge in [0.25, 0.3) is 0 Å². The molecule has 0 fully saturated rings. The zero-order chi connectivity index (χ0) is 13.7. The van der Waals surface area contributed by atoms with E-state index in [0.717, 1.165) is 18.0 Å². The third-order valence-corrected chi connectivity index (χ3v) is 3.75. The first kappa shape index (κ1) is 14.0. The van der Waals surface area contributed by atoms with Gasteiger partial charge in [0.15, 0.2) is 11.5 Å². The number of fused-ring (bicyclic) bond motifs is 1. The Labute approximate surface area is 118 Å². The zero-order valence-electron chi connectivity index (χ0n) is 11.2. The second kappa shape index (κ2) is 6.69. The molecule has 1 aromatic carbocycles. The second-order valence-corrected chi connectivity index (χ2v) is 5.32. The quantitative estimate of drug-likeness (QED) is 0.838. The fraction of sp³-hybridized carbons (Fsp3) is 0.500. The number of hydrogen-bond acceptors (Lipinski definition) is 5. The van der Waals surface area contributed by atoms with Gasteiger partial charge in [0, 0.05) is 18.0 Å². The maximum Gasteiger partial charge on any atom is 0.162 e. The molecule has 5 heteroatoms. The molecule has 1 aliphatic heterocycles. The highest BCUT2D eigenvalue weighted by molar-refractivity contribution is 7.98. The first-order valence-corrected chi connectivity index (χ1v) is 7.54. The van der Waals surface area contributed by atoms with Crippen LogP contribution < -0.4 is 14.8 Å². The molecule has 102 valence electrons. The summed E-state index contributed by atoms with van der Waals surface area (Å²) in [4.78, 5) is 1.18. The molecule has 0 amide bonds. The summed E-state index contributed by atoms with van der Waals surface area (Å²) >= 11 is 1.69. The van der Waals surface area contributed by atoms with Crippen molar-refractivity contribution >= 4 is 11.8 Å². The van der Waals surface area contributed by atoms with Crippen LogP contribution in [0.4, 0.5) is 0 Å². The Hall–Kier alpha value is -1.38. The minimum absolute atomic E-state index is 0.0231. The van der Waals surface area contributed by atoms with E-state index in [4.69, 9.17) is 14.7 Å². The number of thioether (sulfide) groups is 1. The average molecular weight is 278 g/mol. The molecule has 1 aromatic rings. The van der Waals surface area contributed by atoms with Crippen molar-refractivity contribution in [3.05, 3.63) is 17.7 Å². The predicted molar refractivity (Wildman–Crippen MR) is 75.7 cm³/mol. The standard InChI is InChI=1S/C14H18N2O2S/c1-10(7-15)8-16-9-11-5-12-13(6-14(11)19-2)18-4-3-17-12/h5-6,10,16H,3-4,8-9H2,1-2H3. The van der Waals surface area contributed by atoms with Gasteiger partial charge >= 0.3 is 0 Å². The van der Waals surface area contributed by atoms with Gasteiger partial charge in [-0.2, -0.15) is 5.26 Å². The van der Waals surface area contributed by atoms with Gasteiger partial charge in [0.1, 0.15) is 13.2 Å². The van der Waals surface area contributed by atoms with Crippen LogP contribution in [0.2, 0.25) is 0 Å². The summed E-state index contributed by atoms with van der Waals surface area (Å²) in [7, 11) is 0. The second-order valence-electron chi connectivity index (χ2n) is 4.47. The van der Waals surface area contributed by atoms with Crippen molar-refractivity contribution in [3.8, 4) is 17.6 Å². The van der Waals surface area contributed by atoms with E-state index in [2.05, 4.69) is 11.4 Å². The van der Waals surface area contributed by atoms with Crippen LogP contribution in [0.3, 0.4) is 0 Å². The van der Waals surface area contributed by atoms with Crippen molar-refractivity contribution in [3.63, 3.8) is 0 Å².